The highest BCUT2D eigenvalue weighted by atomic mass is 16.5. The molecule has 7 nitrogen and oxygen atoms in total. The number of hydrogen-bond donors (Lipinski definition) is 3. The smallest absolute Gasteiger partial charge is 0.317 e. The zero-order valence-corrected chi connectivity index (χ0v) is 25.2. The number of para-hydroxylation sites is 1. The van der Waals surface area contributed by atoms with Gasteiger partial charge in [-0.3, -0.25) is 0 Å². The lowest BCUT2D eigenvalue weighted by molar-refractivity contribution is -0.0585. The number of benzene rings is 1. The first-order valence-corrected chi connectivity index (χ1v) is 16.2. The molecular weight excluding hydrogens is 502 g/mol. The lowest BCUT2D eigenvalue weighted by atomic mass is 9.73. The van der Waals surface area contributed by atoms with Crippen molar-refractivity contribution >= 4 is 6.03 Å². The summed E-state index contributed by atoms with van der Waals surface area (Å²) in [6, 6.07) is 8.24. The fourth-order valence-corrected chi connectivity index (χ4v) is 7.39. The molecule has 0 bridgehead atoms. The summed E-state index contributed by atoms with van der Waals surface area (Å²) in [6.07, 6.45) is 16.5. The topological polar surface area (TPSA) is 83.1 Å². The largest absolute Gasteiger partial charge is 0.490 e. The number of ether oxygens (including phenoxy) is 2. The Bertz CT molecular complexity index is 886. The van der Waals surface area contributed by atoms with Gasteiger partial charge in [0, 0.05) is 50.9 Å². The van der Waals surface area contributed by atoms with Crippen molar-refractivity contribution in [2.24, 2.45) is 11.8 Å². The van der Waals surface area contributed by atoms with E-state index in [1.165, 1.54) is 44.9 Å². The van der Waals surface area contributed by atoms with Crippen LogP contribution >= 0.6 is 0 Å². The predicted molar refractivity (Wildman–Crippen MR) is 161 cm³/mol. The molecule has 1 aromatic rings. The molecule has 3 N–H and O–H groups in total. The van der Waals surface area contributed by atoms with Crippen LogP contribution < -0.4 is 15.4 Å². The summed E-state index contributed by atoms with van der Waals surface area (Å²) >= 11 is 0. The van der Waals surface area contributed by atoms with Crippen LogP contribution in [0.15, 0.2) is 24.3 Å². The van der Waals surface area contributed by atoms with Crippen LogP contribution in [0.4, 0.5) is 4.79 Å². The van der Waals surface area contributed by atoms with E-state index in [1.807, 2.05) is 36.2 Å². The molecule has 1 aromatic carbocycles. The van der Waals surface area contributed by atoms with E-state index in [9.17, 15) is 9.90 Å². The number of hydrogen-bond acceptors (Lipinski definition) is 5. The van der Waals surface area contributed by atoms with Gasteiger partial charge in [0.25, 0.3) is 0 Å². The highest BCUT2D eigenvalue weighted by Crippen LogP contribution is 2.44. The van der Waals surface area contributed by atoms with Gasteiger partial charge in [-0.1, -0.05) is 50.3 Å². The molecule has 1 heterocycles. The van der Waals surface area contributed by atoms with Crippen molar-refractivity contribution in [3.63, 3.8) is 0 Å². The monoisotopic (exact) mass is 557 g/mol. The number of rotatable bonds is 14. The number of methoxy groups -OCH3 is 1. The number of nitrogens with zero attached hydrogens (tertiary/aromatic N) is 1. The minimum atomic E-state index is -1.06. The first-order valence-electron chi connectivity index (χ1n) is 16.2. The van der Waals surface area contributed by atoms with Crippen LogP contribution in [0.5, 0.6) is 5.75 Å². The van der Waals surface area contributed by atoms with Crippen LogP contribution in [0.2, 0.25) is 0 Å². The number of carbonyl (C=O) groups excluding carboxylic acids is 1. The zero-order valence-electron chi connectivity index (χ0n) is 25.2. The summed E-state index contributed by atoms with van der Waals surface area (Å²) in [6.45, 7) is 2.76. The molecule has 3 aliphatic rings. The number of likely N-dealkylation sites (tertiary alicyclic amines) is 1. The molecule has 4 rings (SSSR count). The second kappa shape index (κ2) is 16.0. The standard InChI is InChI=1S/C33H55N3O4/c1-34-24-28(23-26-13-4-3-5-14-26)35-32(37)36-21-12-15-27(25-36)33(38,20-10-11-22-39-2)30-18-8-9-19-31(30)40-29-16-6-7-17-29/h8-9,18-19,26-29,34,38H,3-7,10-17,20-25H2,1-2H3,(H,35,37)/t27-,28+,33+/m1/s1. The number of amides is 2. The zero-order chi connectivity index (χ0) is 28.2. The number of unbranched alkanes of at least 4 members (excludes halogenated alkanes) is 1. The molecule has 2 amide bonds. The maximum Gasteiger partial charge on any atom is 0.317 e. The Morgan fingerprint density at radius 1 is 1.05 bits per heavy atom. The summed E-state index contributed by atoms with van der Waals surface area (Å²) in [5.74, 6) is 1.46. The van der Waals surface area contributed by atoms with Crippen molar-refractivity contribution in [3.8, 4) is 5.75 Å². The third-order valence-electron chi connectivity index (χ3n) is 9.61. The van der Waals surface area contributed by atoms with Crippen molar-refractivity contribution in [1.29, 1.82) is 0 Å². The van der Waals surface area contributed by atoms with Gasteiger partial charge in [0.2, 0.25) is 0 Å². The van der Waals surface area contributed by atoms with Crippen LogP contribution in [-0.2, 0) is 10.3 Å². The van der Waals surface area contributed by atoms with Gasteiger partial charge in [-0.2, -0.15) is 0 Å². The Morgan fingerprint density at radius 3 is 2.55 bits per heavy atom. The van der Waals surface area contributed by atoms with Gasteiger partial charge >= 0.3 is 6.03 Å². The molecule has 3 atom stereocenters. The van der Waals surface area contributed by atoms with E-state index in [1.54, 1.807) is 7.11 Å². The van der Waals surface area contributed by atoms with E-state index in [0.717, 1.165) is 69.3 Å². The lowest BCUT2D eigenvalue weighted by Gasteiger charge is -2.43. The first kappa shape index (κ1) is 31.1. The molecule has 1 aliphatic heterocycles. The van der Waals surface area contributed by atoms with Crippen molar-refractivity contribution in [3.05, 3.63) is 29.8 Å². The van der Waals surface area contributed by atoms with E-state index in [0.29, 0.717) is 25.5 Å². The molecule has 40 heavy (non-hydrogen) atoms. The lowest BCUT2D eigenvalue weighted by Crippen LogP contribution is -2.54. The Labute approximate surface area is 242 Å². The van der Waals surface area contributed by atoms with Crippen LogP contribution in [0, 0.1) is 11.8 Å². The van der Waals surface area contributed by atoms with Crippen molar-refractivity contribution in [1.82, 2.24) is 15.5 Å². The minimum absolute atomic E-state index is 0.0120. The van der Waals surface area contributed by atoms with Gasteiger partial charge in [0.05, 0.1) is 11.7 Å². The summed E-state index contributed by atoms with van der Waals surface area (Å²) < 4.78 is 11.8. The predicted octanol–water partition coefficient (Wildman–Crippen LogP) is 5.99. The maximum absolute atomic E-state index is 13.6. The summed E-state index contributed by atoms with van der Waals surface area (Å²) in [7, 11) is 3.69. The fraction of sp³-hybridized carbons (Fsp3) is 0.788. The molecule has 0 radical (unpaired) electrons. The SMILES string of the molecule is CNC[C@H](CC1CCCCC1)NC(=O)N1CCC[C@@H]([C@@](O)(CCCCOC)c2ccccc2OC2CCCC2)C1. The number of aliphatic hydroxyl groups is 1. The van der Waals surface area contributed by atoms with Gasteiger partial charge in [-0.15, -0.1) is 0 Å². The van der Waals surface area contributed by atoms with Crippen LogP contribution in [0.1, 0.15) is 102 Å². The number of urea groups is 1. The third kappa shape index (κ3) is 8.59. The third-order valence-corrected chi connectivity index (χ3v) is 9.61. The van der Waals surface area contributed by atoms with Crippen molar-refractivity contribution < 1.29 is 19.4 Å². The minimum Gasteiger partial charge on any atom is -0.490 e. The van der Waals surface area contributed by atoms with E-state index >= 15 is 0 Å². The van der Waals surface area contributed by atoms with Gasteiger partial charge in [0.15, 0.2) is 0 Å². The van der Waals surface area contributed by atoms with Crippen LogP contribution in [-0.4, -0.2) is 68.6 Å². The molecule has 3 fully saturated rings. The average Bonchev–Trinajstić information content (AvgIpc) is 3.49. The second-order valence-electron chi connectivity index (χ2n) is 12.6. The molecule has 1 saturated heterocycles. The molecule has 0 aromatic heterocycles. The fourth-order valence-electron chi connectivity index (χ4n) is 7.39. The molecular formula is C33H55N3O4. The number of nitrogens with one attached hydrogen (secondary N) is 2. The Morgan fingerprint density at radius 2 is 1.80 bits per heavy atom. The number of piperidine rings is 1. The van der Waals surface area contributed by atoms with E-state index < -0.39 is 5.60 Å². The summed E-state index contributed by atoms with van der Waals surface area (Å²) in [4.78, 5) is 15.6. The average molecular weight is 558 g/mol. The van der Waals surface area contributed by atoms with Gasteiger partial charge in [0.1, 0.15) is 5.75 Å². The Balaban J connectivity index is 1.48. The Hall–Kier alpha value is -1.83. The summed E-state index contributed by atoms with van der Waals surface area (Å²) in [5.41, 5.74) is -0.175. The highest BCUT2D eigenvalue weighted by Gasteiger charge is 2.43. The first-order chi connectivity index (χ1) is 19.5. The van der Waals surface area contributed by atoms with E-state index in [2.05, 4.69) is 10.6 Å². The Kier molecular flexibility index (Phi) is 12.4. The van der Waals surface area contributed by atoms with Crippen molar-refractivity contribution in [2.45, 2.75) is 114 Å². The number of likely N-dealkylation sites (N-methyl/N-ethyl adjacent to an activating group) is 1. The second-order valence-corrected chi connectivity index (χ2v) is 12.6. The molecule has 7 heteroatoms. The highest BCUT2D eigenvalue weighted by molar-refractivity contribution is 5.74. The van der Waals surface area contributed by atoms with Gasteiger partial charge in [-0.25, -0.2) is 4.79 Å². The van der Waals surface area contributed by atoms with E-state index in [-0.39, 0.29) is 24.1 Å². The van der Waals surface area contributed by atoms with Crippen molar-refractivity contribution in [2.75, 3.05) is 40.4 Å². The number of carbonyl (C=O) groups is 1. The maximum atomic E-state index is 13.6. The molecule has 2 saturated carbocycles. The molecule has 0 spiro atoms. The van der Waals surface area contributed by atoms with Gasteiger partial charge in [-0.05, 0) is 83.2 Å². The van der Waals surface area contributed by atoms with Crippen LogP contribution in [0.3, 0.4) is 0 Å². The normalized spacial score (nSPS) is 23.1. The molecule has 226 valence electrons. The summed E-state index contributed by atoms with van der Waals surface area (Å²) in [5, 5.41) is 19.2. The quantitative estimate of drug-likeness (QED) is 0.245. The van der Waals surface area contributed by atoms with Crippen LogP contribution in [0.25, 0.3) is 0 Å². The molecule has 2 aliphatic carbocycles. The van der Waals surface area contributed by atoms with E-state index in [4.69, 9.17) is 9.47 Å². The molecule has 0 unspecified atom stereocenters. The van der Waals surface area contributed by atoms with Gasteiger partial charge < -0.3 is 30.1 Å².